The number of aromatic nitrogens is 2. The van der Waals surface area contributed by atoms with E-state index in [4.69, 9.17) is 14.2 Å². The molecule has 7 heteroatoms. The van der Waals surface area contributed by atoms with E-state index >= 15 is 0 Å². The standard InChI is InChI=1S/C18H23N3O4/c1-11-19-14-5-6-21(10-13(14)18(22)20-11)9-12-7-15(23-2)17(25-4)16(8-12)24-3/h7-8H,5-6,9-10H2,1-4H3,(H,19,20,22). The van der Waals surface area contributed by atoms with Gasteiger partial charge in [-0.15, -0.1) is 0 Å². The molecule has 1 aromatic heterocycles. The van der Waals surface area contributed by atoms with Gasteiger partial charge >= 0.3 is 0 Å². The van der Waals surface area contributed by atoms with Crippen LogP contribution in [0, 0.1) is 6.92 Å². The number of benzene rings is 1. The molecule has 3 rings (SSSR count). The Kier molecular flexibility index (Phi) is 4.94. The first kappa shape index (κ1) is 17.3. The number of hydrogen-bond donors (Lipinski definition) is 1. The first-order valence-electron chi connectivity index (χ1n) is 8.15. The number of hydrogen-bond acceptors (Lipinski definition) is 6. The Morgan fingerprint density at radius 3 is 2.44 bits per heavy atom. The zero-order valence-corrected chi connectivity index (χ0v) is 15.0. The largest absolute Gasteiger partial charge is 0.493 e. The minimum absolute atomic E-state index is 0.0444. The average Bonchev–Trinajstić information content (AvgIpc) is 2.61. The maximum Gasteiger partial charge on any atom is 0.255 e. The first-order valence-corrected chi connectivity index (χ1v) is 8.15. The van der Waals surface area contributed by atoms with E-state index in [0.29, 0.717) is 36.2 Å². The van der Waals surface area contributed by atoms with Gasteiger partial charge in [0.15, 0.2) is 11.5 Å². The highest BCUT2D eigenvalue weighted by Gasteiger charge is 2.22. The zero-order valence-electron chi connectivity index (χ0n) is 15.0. The second kappa shape index (κ2) is 7.14. The number of fused-ring (bicyclic) bond motifs is 1. The van der Waals surface area contributed by atoms with Crippen molar-refractivity contribution in [1.29, 1.82) is 0 Å². The monoisotopic (exact) mass is 345 g/mol. The molecule has 2 aromatic rings. The molecular weight excluding hydrogens is 322 g/mol. The average molecular weight is 345 g/mol. The van der Waals surface area contributed by atoms with Crippen molar-refractivity contribution < 1.29 is 14.2 Å². The van der Waals surface area contributed by atoms with Gasteiger partial charge in [-0.25, -0.2) is 4.98 Å². The predicted molar refractivity (Wildman–Crippen MR) is 93.5 cm³/mol. The van der Waals surface area contributed by atoms with Crippen molar-refractivity contribution >= 4 is 0 Å². The Bertz CT molecular complexity index is 807. The third kappa shape index (κ3) is 3.46. The molecule has 0 saturated carbocycles. The highest BCUT2D eigenvalue weighted by Crippen LogP contribution is 2.38. The number of aryl methyl sites for hydroxylation is 1. The van der Waals surface area contributed by atoms with Crippen LogP contribution in [0.15, 0.2) is 16.9 Å². The van der Waals surface area contributed by atoms with Crippen LogP contribution in [0.1, 0.15) is 22.6 Å². The second-order valence-electron chi connectivity index (χ2n) is 6.07. The highest BCUT2D eigenvalue weighted by atomic mass is 16.5. The number of methoxy groups -OCH3 is 3. The summed E-state index contributed by atoms with van der Waals surface area (Å²) in [5.74, 6) is 2.50. The third-order valence-corrected chi connectivity index (χ3v) is 4.40. The molecule has 0 bridgehead atoms. The van der Waals surface area contributed by atoms with E-state index in [9.17, 15) is 4.79 Å². The summed E-state index contributed by atoms with van der Waals surface area (Å²) in [7, 11) is 4.79. The Morgan fingerprint density at radius 2 is 1.84 bits per heavy atom. The molecule has 0 amide bonds. The molecule has 0 saturated heterocycles. The lowest BCUT2D eigenvalue weighted by molar-refractivity contribution is 0.240. The van der Waals surface area contributed by atoms with Crippen molar-refractivity contribution in [2.24, 2.45) is 0 Å². The van der Waals surface area contributed by atoms with Crippen molar-refractivity contribution in [3.63, 3.8) is 0 Å². The van der Waals surface area contributed by atoms with Crippen LogP contribution in [0.25, 0.3) is 0 Å². The molecule has 25 heavy (non-hydrogen) atoms. The molecule has 0 fully saturated rings. The SMILES string of the molecule is COc1cc(CN2CCc3nc(C)[nH]c(=O)c3C2)cc(OC)c1OC. The van der Waals surface area contributed by atoms with Gasteiger partial charge < -0.3 is 19.2 Å². The van der Waals surface area contributed by atoms with Gasteiger partial charge in [-0.05, 0) is 24.6 Å². The van der Waals surface area contributed by atoms with Gasteiger partial charge in [0, 0.05) is 26.1 Å². The molecule has 1 aliphatic heterocycles. The minimum atomic E-state index is -0.0444. The van der Waals surface area contributed by atoms with Crippen molar-refractivity contribution in [1.82, 2.24) is 14.9 Å². The molecule has 7 nitrogen and oxygen atoms in total. The van der Waals surface area contributed by atoms with Crippen LogP contribution in [0.3, 0.4) is 0 Å². The van der Waals surface area contributed by atoms with Gasteiger partial charge in [-0.2, -0.15) is 0 Å². The lowest BCUT2D eigenvalue weighted by Crippen LogP contribution is -2.35. The molecule has 0 atom stereocenters. The minimum Gasteiger partial charge on any atom is -0.493 e. The number of rotatable bonds is 5. The molecule has 134 valence electrons. The van der Waals surface area contributed by atoms with E-state index < -0.39 is 0 Å². The quantitative estimate of drug-likeness (QED) is 0.888. The van der Waals surface area contributed by atoms with E-state index in [1.165, 1.54) is 0 Å². The Labute approximate surface area is 146 Å². The number of H-pyrrole nitrogens is 1. The summed E-state index contributed by atoms with van der Waals surface area (Å²) in [6.45, 7) is 3.92. The molecule has 0 unspecified atom stereocenters. The normalized spacial score (nSPS) is 14.1. The van der Waals surface area contributed by atoms with Crippen molar-refractivity contribution in [2.75, 3.05) is 27.9 Å². The fourth-order valence-electron chi connectivity index (χ4n) is 3.23. The lowest BCUT2D eigenvalue weighted by atomic mass is 10.1. The first-order chi connectivity index (χ1) is 12.0. The predicted octanol–water partition coefficient (Wildman–Crippen LogP) is 1.66. The molecule has 2 heterocycles. The van der Waals surface area contributed by atoms with E-state index in [1.54, 1.807) is 21.3 Å². The number of nitrogens with one attached hydrogen (secondary N) is 1. The van der Waals surface area contributed by atoms with Crippen molar-refractivity contribution in [3.05, 3.63) is 45.1 Å². The van der Waals surface area contributed by atoms with Crippen molar-refractivity contribution in [2.45, 2.75) is 26.4 Å². The summed E-state index contributed by atoms with van der Waals surface area (Å²) in [4.78, 5) is 21.6. The van der Waals surface area contributed by atoms with E-state index in [0.717, 1.165) is 29.8 Å². The molecule has 1 aromatic carbocycles. The van der Waals surface area contributed by atoms with Gasteiger partial charge in [-0.3, -0.25) is 9.69 Å². The summed E-state index contributed by atoms with van der Waals surface area (Å²) in [5.41, 5.74) is 2.65. The maximum atomic E-state index is 12.2. The van der Waals surface area contributed by atoms with Crippen LogP contribution in [-0.4, -0.2) is 42.7 Å². The van der Waals surface area contributed by atoms with Crippen molar-refractivity contribution in [3.8, 4) is 17.2 Å². The van der Waals surface area contributed by atoms with Crippen LogP contribution < -0.4 is 19.8 Å². The van der Waals surface area contributed by atoms with Gasteiger partial charge in [0.1, 0.15) is 5.82 Å². The number of aromatic amines is 1. The Morgan fingerprint density at radius 1 is 1.16 bits per heavy atom. The van der Waals surface area contributed by atoms with Crippen LogP contribution in [0.4, 0.5) is 0 Å². The molecule has 0 spiro atoms. The topological polar surface area (TPSA) is 76.7 Å². The third-order valence-electron chi connectivity index (χ3n) is 4.40. The summed E-state index contributed by atoms with van der Waals surface area (Å²) in [6.07, 6.45) is 0.768. The summed E-state index contributed by atoms with van der Waals surface area (Å²) in [5, 5.41) is 0. The van der Waals surface area contributed by atoms with Gasteiger partial charge in [0.25, 0.3) is 5.56 Å². The van der Waals surface area contributed by atoms with E-state index in [1.807, 2.05) is 19.1 Å². The maximum absolute atomic E-state index is 12.2. The summed E-state index contributed by atoms with van der Waals surface area (Å²) in [6, 6.07) is 3.88. The molecule has 0 radical (unpaired) electrons. The summed E-state index contributed by atoms with van der Waals surface area (Å²) < 4.78 is 16.2. The van der Waals surface area contributed by atoms with Crippen LogP contribution in [0.2, 0.25) is 0 Å². The molecule has 0 aliphatic carbocycles. The van der Waals surface area contributed by atoms with E-state index in [-0.39, 0.29) is 5.56 Å². The molecule has 1 N–H and O–H groups in total. The zero-order chi connectivity index (χ0) is 18.0. The Hall–Kier alpha value is -2.54. The van der Waals surface area contributed by atoms with Crippen LogP contribution >= 0.6 is 0 Å². The second-order valence-corrected chi connectivity index (χ2v) is 6.07. The van der Waals surface area contributed by atoms with E-state index in [2.05, 4.69) is 14.9 Å². The highest BCUT2D eigenvalue weighted by molar-refractivity contribution is 5.53. The number of nitrogens with zero attached hydrogens (tertiary/aromatic N) is 2. The van der Waals surface area contributed by atoms with Crippen LogP contribution in [0.5, 0.6) is 17.2 Å². The fourth-order valence-corrected chi connectivity index (χ4v) is 3.23. The van der Waals surface area contributed by atoms with Gasteiger partial charge in [-0.1, -0.05) is 0 Å². The number of ether oxygens (including phenoxy) is 3. The van der Waals surface area contributed by atoms with Gasteiger partial charge in [0.05, 0.1) is 32.6 Å². The Balaban J connectivity index is 1.85. The summed E-state index contributed by atoms with van der Waals surface area (Å²) >= 11 is 0. The van der Waals surface area contributed by atoms with Crippen LogP contribution in [-0.2, 0) is 19.5 Å². The fraction of sp³-hybridized carbons (Fsp3) is 0.444. The smallest absolute Gasteiger partial charge is 0.255 e. The molecule has 1 aliphatic rings. The van der Waals surface area contributed by atoms with Gasteiger partial charge in [0.2, 0.25) is 5.75 Å². The lowest BCUT2D eigenvalue weighted by Gasteiger charge is -2.28. The molecular formula is C18H23N3O4.